The van der Waals surface area contributed by atoms with E-state index in [1.807, 2.05) is 0 Å². The first kappa shape index (κ1) is 6.09. The Kier molecular flexibility index (Phi) is 1.82. The lowest BCUT2D eigenvalue weighted by molar-refractivity contribution is 0.0895. The summed E-state index contributed by atoms with van der Waals surface area (Å²) in [5.74, 6) is -12.3. The Balaban J connectivity index is 1.99. The van der Waals surface area contributed by atoms with Gasteiger partial charge in [0.15, 0.2) is 17.3 Å². The van der Waals surface area contributed by atoms with Crippen LogP contribution in [0.3, 0.4) is 0 Å². The van der Waals surface area contributed by atoms with Crippen molar-refractivity contribution >= 4 is 5.78 Å². The SMILES string of the molecule is [2H]c1c(OC([2H])([2H])[2H])c(OC([2H])([2H])[2H])c([2H])c2c1C(=O)C([2H])(CC1([2H])C([2H])([2H])C([2H])([2H])N(C([2H])([2H])c3ccccc3)C([2H])([2H])C1([2H])[2H])C2([2H])[2H]. The lowest BCUT2D eigenvalue weighted by Gasteiger charge is -2.32. The number of ether oxygens (including phenoxy) is 2. The van der Waals surface area contributed by atoms with Gasteiger partial charge in [-0.05, 0) is 67.6 Å². The molecule has 0 amide bonds. The van der Waals surface area contributed by atoms with Gasteiger partial charge in [-0.1, -0.05) is 30.3 Å². The molecule has 1 saturated heterocycles. The first-order valence-electron chi connectivity index (χ1n) is 19.1. The number of hydrogen-bond donors (Lipinski definition) is 0. The molecule has 2 aromatic rings. The molecule has 2 aromatic carbocycles. The van der Waals surface area contributed by atoms with E-state index < -0.39 is 117 Å². The van der Waals surface area contributed by atoms with Crippen molar-refractivity contribution in [2.75, 3.05) is 27.1 Å². The Bertz CT molecular complexity index is 1670. The van der Waals surface area contributed by atoms with Crippen LogP contribution >= 0.6 is 0 Å². The Labute approximate surface area is 198 Å². The lowest BCUT2D eigenvalue weighted by Crippen LogP contribution is -2.34. The second-order valence-electron chi connectivity index (χ2n) is 5.74. The van der Waals surface area contributed by atoms with E-state index >= 15 is 0 Å². The van der Waals surface area contributed by atoms with Crippen molar-refractivity contribution in [3.8, 4) is 11.5 Å². The van der Waals surface area contributed by atoms with E-state index in [1.54, 1.807) is 0 Å². The third-order valence-electron chi connectivity index (χ3n) is 3.92. The number of carbonyl (C=O) groups excluding carboxylic acids is 1. The van der Waals surface area contributed by atoms with E-state index in [9.17, 15) is 4.79 Å². The maximum Gasteiger partial charge on any atom is 0.166 e. The number of carbonyl (C=O) groups is 1. The number of benzene rings is 2. The molecule has 4 nitrogen and oxygen atoms in total. The van der Waals surface area contributed by atoms with E-state index in [2.05, 4.69) is 9.47 Å². The van der Waals surface area contributed by atoms with Gasteiger partial charge in [-0.2, -0.15) is 0 Å². The van der Waals surface area contributed by atoms with E-state index in [0.29, 0.717) is 0 Å². The van der Waals surface area contributed by atoms with Crippen LogP contribution in [0.5, 0.6) is 11.5 Å². The molecule has 148 valence electrons. The highest BCUT2D eigenvalue weighted by Gasteiger charge is 2.34. The predicted molar refractivity (Wildman–Crippen MR) is 110 cm³/mol. The van der Waals surface area contributed by atoms with E-state index in [-0.39, 0.29) is 4.90 Å². The van der Waals surface area contributed by atoms with Crippen LogP contribution in [0, 0.1) is 11.8 Å². The highest BCUT2D eigenvalue weighted by Crippen LogP contribution is 2.39. The maximum atomic E-state index is 14.0. The zero-order chi connectivity index (χ0) is 38.9. The smallest absolute Gasteiger partial charge is 0.166 e. The number of nitrogens with zero attached hydrogens (tertiary/aromatic N) is 1. The Morgan fingerprint density at radius 1 is 1.21 bits per heavy atom. The summed E-state index contributed by atoms with van der Waals surface area (Å²) in [5, 5.41) is 0. The molecule has 0 N–H and O–H groups in total. The van der Waals surface area contributed by atoms with Gasteiger partial charge in [-0.15, -0.1) is 0 Å². The van der Waals surface area contributed by atoms with Crippen LogP contribution < -0.4 is 9.47 Å². The average Bonchev–Trinajstić information content (AvgIpc) is 3.08. The third kappa shape index (κ3) is 3.93. The van der Waals surface area contributed by atoms with E-state index in [0.717, 1.165) is 12.1 Å². The normalized spacial score (nSPS) is 45.9. The van der Waals surface area contributed by atoms with Crippen LogP contribution in [0.15, 0.2) is 42.4 Å². The number of ketones is 1. The summed E-state index contributed by atoms with van der Waals surface area (Å²) in [6, 6.07) is 3.40. The maximum absolute atomic E-state index is 14.0. The molecule has 0 radical (unpaired) electrons. The third-order valence-corrected chi connectivity index (χ3v) is 3.92. The quantitative estimate of drug-likeness (QED) is 0.721. The molecule has 4 rings (SSSR count). The molecule has 2 aliphatic rings. The van der Waals surface area contributed by atoms with Gasteiger partial charge in [0.2, 0.25) is 0 Å². The molecule has 1 aliphatic carbocycles. The fraction of sp³-hybridized carbons (Fsp3) is 0.458. The van der Waals surface area contributed by atoms with Crippen molar-refractivity contribution in [2.45, 2.75) is 32.0 Å². The number of fused-ring (bicyclic) bond motifs is 1. The minimum Gasteiger partial charge on any atom is -0.493 e. The molecule has 28 heavy (non-hydrogen) atoms. The van der Waals surface area contributed by atoms with Gasteiger partial charge in [-0.3, -0.25) is 9.69 Å². The highest BCUT2D eigenvalue weighted by atomic mass is 16.5. The number of methoxy groups -OCH3 is 2. The topological polar surface area (TPSA) is 38.8 Å². The van der Waals surface area contributed by atoms with Crippen molar-refractivity contribution in [3.63, 3.8) is 0 Å². The van der Waals surface area contributed by atoms with Crippen LogP contribution in [0.4, 0.5) is 0 Å². The number of hydrogen-bond acceptors (Lipinski definition) is 4. The molecule has 1 atom stereocenters. The van der Waals surface area contributed by atoms with Gasteiger partial charge >= 0.3 is 0 Å². The molecule has 0 saturated carbocycles. The van der Waals surface area contributed by atoms with Gasteiger partial charge in [0, 0.05) is 37.1 Å². The zero-order valence-electron chi connectivity index (χ0n) is 36.3. The molecule has 1 aliphatic heterocycles. The lowest BCUT2D eigenvalue weighted by atomic mass is 9.85. The molecular formula is C24H29NO3. The van der Waals surface area contributed by atoms with Crippen LogP contribution in [0.1, 0.15) is 70.8 Å². The van der Waals surface area contributed by atoms with Crippen molar-refractivity contribution < 1.29 is 44.4 Å². The number of likely N-dealkylation sites (tertiary alicyclic amines) is 1. The van der Waals surface area contributed by atoms with Crippen molar-refractivity contribution in [3.05, 3.63) is 59.1 Å². The monoisotopic (exact) mass is 401 g/mol. The zero-order valence-corrected chi connectivity index (χ0v) is 14.3. The fourth-order valence-corrected chi connectivity index (χ4v) is 2.63. The Morgan fingerprint density at radius 3 is 2.64 bits per heavy atom. The molecule has 4 heteroatoms. The highest BCUT2D eigenvalue weighted by molar-refractivity contribution is 6.02. The number of rotatable bonds is 6. The summed E-state index contributed by atoms with van der Waals surface area (Å²) in [6.45, 7) is -11.3. The van der Waals surface area contributed by atoms with Crippen molar-refractivity contribution in [1.29, 1.82) is 0 Å². The molecule has 1 unspecified atom stereocenters. The fourth-order valence-electron chi connectivity index (χ4n) is 2.63. The summed E-state index contributed by atoms with van der Waals surface area (Å²) in [6.07, 6.45) is -13.9. The largest absolute Gasteiger partial charge is 0.493 e. The molecule has 0 bridgehead atoms. The summed E-state index contributed by atoms with van der Waals surface area (Å²) in [7, 11) is -6.96. The Hall–Kier alpha value is -2.33. The van der Waals surface area contributed by atoms with Gasteiger partial charge < -0.3 is 9.47 Å². The van der Waals surface area contributed by atoms with Crippen LogP contribution in [0.25, 0.3) is 0 Å². The summed E-state index contributed by atoms with van der Waals surface area (Å²) in [4.78, 5) is 13.6. The second kappa shape index (κ2) is 8.36. The summed E-state index contributed by atoms with van der Waals surface area (Å²) < 4.78 is 194. The first-order chi connectivity index (χ1) is 22.1. The van der Waals surface area contributed by atoms with E-state index in [4.69, 9.17) is 30.2 Å². The number of piperidine rings is 1. The summed E-state index contributed by atoms with van der Waals surface area (Å²) in [5.41, 5.74) is -2.98. The van der Waals surface area contributed by atoms with E-state index in [1.165, 1.54) is 18.2 Å². The molecule has 0 spiro atoms. The molecule has 1 fully saturated rings. The van der Waals surface area contributed by atoms with Crippen LogP contribution in [0.2, 0.25) is 0 Å². The first-order valence-corrected chi connectivity index (χ1v) is 8.06. The average molecular weight is 402 g/mol. The Morgan fingerprint density at radius 2 is 1.93 bits per heavy atom. The van der Waals surface area contributed by atoms with Crippen molar-refractivity contribution in [2.24, 2.45) is 11.8 Å². The second-order valence-corrected chi connectivity index (χ2v) is 5.74. The minimum atomic E-state index is -4.10. The summed E-state index contributed by atoms with van der Waals surface area (Å²) >= 11 is 0. The van der Waals surface area contributed by atoms with Crippen LogP contribution in [-0.2, 0) is 12.9 Å². The molecule has 0 aromatic heterocycles. The standard InChI is InChI=1S/C24H29NO3/c1-27-22-14-19-13-20(24(26)21(19)15-23(22)28-2)12-17-8-10-25(11-9-17)16-18-6-4-3-5-7-18/h3-7,14-15,17,20H,8-13,16H2,1-2H3/i1D3,2D3,8D2,9D2,10D2,11D2,13D2,14D,15D,16D2,17D,20D. The predicted octanol–water partition coefficient (Wildman–Crippen LogP) is 4.36. The van der Waals surface area contributed by atoms with Gasteiger partial charge in [0.25, 0.3) is 0 Å². The van der Waals surface area contributed by atoms with Gasteiger partial charge in [0.1, 0.15) is 0 Å². The van der Waals surface area contributed by atoms with Crippen molar-refractivity contribution in [1.82, 2.24) is 4.90 Å². The molecule has 1 heterocycles. The van der Waals surface area contributed by atoms with Gasteiger partial charge in [-0.25, -0.2) is 0 Å². The van der Waals surface area contributed by atoms with Crippen LogP contribution in [-0.4, -0.2) is 37.8 Å². The minimum absolute atomic E-state index is 0.383. The molecular weight excluding hydrogens is 350 g/mol. The number of Topliss-reactive ketones (excluding diaryl/α,β-unsaturated/α-hetero) is 1. The van der Waals surface area contributed by atoms with Gasteiger partial charge in [0.05, 0.1) is 25.0 Å².